The smallest absolute Gasteiger partial charge is 0.311 e. The number of nitrogens with zero attached hydrogens (tertiary/aromatic N) is 3. The maximum absolute atomic E-state index is 11.2. The van der Waals surface area contributed by atoms with E-state index >= 15 is 0 Å². The fourth-order valence-corrected chi connectivity index (χ4v) is 3.51. The molecular weight excluding hydrogens is 272 g/mol. The van der Waals surface area contributed by atoms with Crippen LogP contribution in [0.2, 0.25) is 0 Å². The van der Waals surface area contributed by atoms with Gasteiger partial charge in [-0.3, -0.25) is 10.1 Å². The summed E-state index contributed by atoms with van der Waals surface area (Å²) in [5, 5.41) is 24.3. The van der Waals surface area contributed by atoms with Crippen molar-refractivity contribution >= 4 is 17.3 Å². The Morgan fingerprint density at radius 3 is 2.95 bits per heavy atom. The summed E-state index contributed by atoms with van der Waals surface area (Å²) in [4.78, 5) is 17.2. The van der Waals surface area contributed by atoms with Crippen LogP contribution in [0.25, 0.3) is 0 Å². The van der Waals surface area contributed by atoms with Crippen LogP contribution < -0.4 is 10.2 Å². The molecule has 0 radical (unpaired) electrons. The molecule has 114 valence electrons. The first-order chi connectivity index (χ1) is 10.1. The van der Waals surface area contributed by atoms with E-state index in [4.69, 9.17) is 0 Å². The first-order valence-electron chi connectivity index (χ1n) is 7.42. The highest BCUT2D eigenvalue weighted by atomic mass is 16.6. The highest BCUT2D eigenvalue weighted by Gasteiger charge is 2.43. The molecule has 2 heterocycles. The van der Waals surface area contributed by atoms with Gasteiger partial charge in [-0.15, -0.1) is 0 Å². The van der Waals surface area contributed by atoms with Crippen molar-refractivity contribution < 1.29 is 10.0 Å². The number of pyridine rings is 1. The monoisotopic (exact) mass is 292 g/mol. The lowest BCUT2D eigenvalue weighted by molar-refractivity contribution is -0.384. The molecule has 1 saturated heterocycles. The molecule has 3 rings (SSSR count). The van der Waals surface area contributed by atoms with Gasteiger partial charge in [0.15, 0.2) is 0 Å². The molecule has 1 saturated carbocycles. The van der Waals surface area contributed by atoms with Gasteiger partial charge in [0.25, 0.3) is 0 Å². The molecule has 2 fully saturated rings. The zero-order chi connectivity index (χ0) is 15.0. The minimum atomic E-state index is -0.386. The molecule has 1 aromatic rings. The van der Waals surface area contributed by atoms with Gasteiger partial charge in [-0.1, -0.05) is 0 Å². The van der Waals surface area contributed by atoms with Gasteiger partial charge in [0, 0.05) is 31.6 Å². The predicted octanol–water partition coefficient (Wildman–Crippen LogP) is 1.63. The number of aromatic nitrogens is 1. The van der Waals surface area contributed by atoms with Crippen molar-refractivity contribution in [1.82, 2.24) is 4.98 Å². The van der Waals surface area contributed by atoms with Crippen LogP contribution in [0.3, 0.4) is 0 Å². The predicted molar refractivity (Wildman–Crippen MR) is 79.5 cm³/mol. The number of rotatable bonds is 4. The van der Waals surface area contributed by atoms with E-state index in [1.165, 1.54) is 6.07 Å². The molecule has 7 nitrogen and oxygen atoms in total. The van der Waals surface area contributed by atoms with Crippen molar-refractivity contribution in [2.75, 3.05) is 29.9 Å². The largest absolute Gasteiger partial charge is 0.393 e. The van der Waals surface area contributed by atoms with Crippen molar-refractivity contribution in [1.29, 1.82) is 0 Å². The Morgan fingerprint density at radius 2 is 2.29 bits per heavy atom. The molecule has 3 unspecified atom stereocenters. The molecule has 1 aliphatic heterocycles. The normalized spacial score (nSPS) is 27.7. The van der Waals surface area contributed by atoms with Gasteiger partial charge in [-0.25, -0.2) is 4.98 Å². The summed E-state index contributed by atoms with van der Waals surface area (Å²) in [6.45, 7) is 4.06. The van der Waals surface area contributed by atoms with Gasteiger partial charge in [0.2, 0.25) is 5.82 Å². The Balaban J connectivity index is 1.89. The van der Waals surface area contributed by atoms with E-state index in [1.54, 1.807) is 6.07 Å². The quantitative estimate of drug-likeness (QED) is 0.647. The van der Waals surface area contributed by atoms with E-state index in [1.807, 2.05) is 11.8 Å². The van der Waals surface area contributed by atoms with E-state index in [0.717, 1.165) is 19.4 Å². The molecular formula is C14H20N4O3. The standard InChI is InChI=1S/C14H20N4O3/c1-2-15-13-6-4-11(18(20)21)14(16-13)17-7-9-3-5-12(19)10(9)8-17/h4,6,9-10,12,19H,2-3,5,7-8H2,1H3,(H,15,16). The second-order valence-electron chi connectivity index (χ2n) is 5.80. The topological polar surface area (TPSA) is 91.5 Å². The lowest BCUT2D eigenvalue weighted by Gasteiger charge is -2.20. The molecule has 1 aliphatic carbocycles. The zero-order valence-electron chi connectivity index (χ0n) is 12.0. The summed E-state index contributed by atoms with van der Waals surface area (Å²) in [5.41, 5.74) is 0.0334. The van der Waals surface area contributed by atoms with Gasteiger partial charge >= 0.3 is 5.69 Å². The molecule has 3 atom stereocenters. The highest BCUT2D eigenvalue weighted by Crippen LogP contribution is 2.41. The van der Waals surface area contributed by atoms with E-state index in [9.17, 15) is 15.2 Å². The average Bonchev–Trinajstić information content (AvgIpc) is 3.01. The maximum atomic E-state index is 11.2. The fraction of sp³-hybridized carbons (Fsp3) is 0.643. The highest BCUT2D eigenvalue weighted by molar-refractivity contribution is 5.62. The van der Waals surface area contributed by atoms with Crippen LogP contribution in [-0.4, -0.2) is 40.8 Å². The van der Waals surface area contributed by atoms with Gasteiger partial charge in [-0.05, 0) is 31.7 Å². The Hall–Kier alpha value is -1.89. The van der Waals surface area contributed by atoms with Crippen LogP contribution in [0.5, 0.6) is 0 Å². The van der Waals surface area contributed by atoms with Crippen molar-refractivity contribution in [3.63, 3.8) is 0 Å². The minimum Gasteiger partial charge on any atom is -0.393 e. The van der Waals surface area contributed by atoms with E-state index < -0.39 is 0 Å². The van der Waals surface area contributed by atoms with Crippen LogP contribution in [0.1, 0.15) is 19.8 Å². The van der Waals surface area contributed by atoms with Crippen LogP contribution in [0.15, 0.2) is 12.1 Å². The summed E-state index contributed by atoms with van der Waals surface area (Å²) < 4.78 is 0. The number of hydrogen-bond acceptors (Lipinski definition) is 6. The molecule has 2 N–H and O–H groups in total. The van der Waals surface area contributed by atoms with E-state index in [2.05, 4.69) is 10.3 Å². The third-order valence-corrected chi connectivity index (χ3v) is 4.53. The lowest BCUT2D eigenvalue weighted by Crippen LogP contribution is -2.26. The Kier molecular flexibility index (Phi) is 3.67. The Labute approximate surface area is 123 Å². The molecule has 21 heavy (non-hydrogen) atoms. The SMILES string of the molecule is CCNc1ccc([N+](=O)[O-])c(N2CC3CCC(O)C3C2)n1. The Morgan fingerprint density at radius 1 is 1.48 bits per heavy atom. The molecule has 0 spiro atoms. The number of hydrogen-bond donors (Lipinski definition) is 2. The number of anilines is 2. The second-order valence-corrected chi connectivity index (χ2v) is 5.80. The van der Waals surface area contributed by atoms with Crippen molar-refractivity contribution in [3.05, 3.63) is 22.2 Å². The molecule has 0 amide bonds. The summed E-state index contributed by atoms with van der Waals surface area (Å²) in [7, 11) is 0. The van der Waals surface area contributed by atoms with E-state index in [-0.39, 0.29) is 22.6 Å². The first-order valence-corrected chi connectivity index (χ1v) is 7.42. The lowest BCUT2D eigenvalue weighted by atomic mass is 10.00. The Bertz CT molecular complexity index is 551. The minimum absolute atomic E-state index is 0.0334. The molecule has 1 aromatic heterocycles. The number of fused-ring (bicyclic) bond motifs is 1. The summed E-state index contributed by atoms with van der Waals surface area (Å²) in [6.07, 6.45) is 1.55. The maximum Gasteiger partial charge on any atom is 0.311 e. The molecule has 0 aromatic carbocycles. The van der Waals surface area contributed by atoms with Crippen LogP contribution in [0.4, 0.5) is 17.3 Å². The van der Waals surface area contributed by atoms with Gasteiger partial charge < -0.3 is 15.3 Å². The third kappa shape index (κ3) is 2.53. The van der Waals surface area contributed by atoms with Crippen molar-refractivity contribution in [2.24, 2.45) is 11.8 Å². The third-order valence-electron chi connectivity index (χ3n) is 4.53. The van der Waals surface area contributed by atoms with E-state index in [0.29, 0.717) is 30.6 Å². The van der Waals surface area contributed by atoms with Crippen LogP contribution >= 0.6 is 0 Å². The average molecular weight is 292 g/mol. The number of aliphatic hydroxyl groups is 1. The van der Waals surface area contributed by atoms with Gasteiger partial charge in [0.05, 0.1) is 11.0 Å². The number of nitrogens with one attached hydrogen (secondary N) is 1. The van der Waals surface area contributed by atoms with Crippen molar-refractivity contribution in [2.45, 2.75) is 25.9 Å². The number of aliphatic hydroxyl groups excluding tert-OH is 1. The molecule has 7 heteroatoms. The zero-order valence-corrected chi connectivity index (χ0v) is 12.0. The number of nitro groups is 1. The van der Waals surface area contributed by atoms with Crippen molar-refractivity contribution in [3.8, 4) is 0 Å². The van der Waals surface area contributed by atoms with Crippen LogP contribution in [0, 0.1) is 22.0 Å². The van der Waals surface area contributed by atoms with Crippen LogP contribution in [-0.2, 0) is 0 Å². The summed E-state index contributed by atoms with van der Waals surface area (Å²) in [5.74, 6) is 1.70. The van der Waals surface area contributed by atoms with Gasteiger partial charge in [0.1, 0.15) is 5.82 Å². The van der Waals surface area contributed by atoms with Gasteiger partial charge in [-0.2, -0.15) is 0 Å². The molecule has 2 aliphatic rings. The fourth-order valence-electron chi connectivity index (χ4n) is 3.51. The molecule has 0 bridgehead atoms. The second kappa shape index (κ2) is 5.48. The summed E-state index contributed by atoms with van der Waals surface area (Å²) >= 11 is 0. The first kappa shape index (κ1) is 14.1. The summed E-state index contributed by atoms with van der Waals surface area (Å²) in [6, 6.07) is 3.14.